The van der Waals surface area contributed by atoms with Gasteiger partial charge < -0.3 is 15.7 Å². The molecule has 0 saturated heterocycles. The normalized spacial score (nSPS) is 10.4. The highest BCUT2D eigenvalue weighted by Gasteiger charge is 2.22. The number of nitrogens with one attached hydrogen (secondary N) is 3. The van der Waals surface area contributed by atoms with Crippen LogP contribution in [0, 0.1) is 13.8 Å². The van der Waals surface area contributed by atoms with E-state index in [4.69, 9.17) is 0 Å². The number of aromatic nitrogens is 1. The second-order valence-corrected chi connectivity index (χ2v) is 8.46. The first-order valence-electron chi connectivity index (χ1n) is 10.4. The Hall–Kier alpha value is -4.37. The SMILES string of the molecule is Cc1ccc(NC(=O)NN(C(=O)Nc2ccc(C)cc2)c2nc(-c3ccc(O)cc3)cs2)cc1. The van der Waals surface area contributed by atoms with Gasteiger partial charge in [0.15, 0.2) is 0 Å². The van der Waals surface area contributed by atoms with Crippen molar-refractivity contribution in [3.05, 3.63) is 89.3 Å². The highest BCUT2D eigenvalue weighted by atomic mass is 32.1. The average molecular weight is 474 g/mol. The Labute approximate surface area is 200 Å². The number of hydrogen-bond acceptors (Lipinski definition) is 5. The van der Waals surface area contributed by atoms with Crippen LogP contribution >= 0.6 is 11.3 Å². The van der Waals surface area contributed by atoms with Crippen LogP contribution in [0.4, 0.5) is 26.1 Å². The second-order valence-electron chi connectivity index (χ2n) is 7.63. The third-order valence-electron chi connectivity index (χ3n) is 4.88. The maximum absolute atomic E-state index is 13.1. The minimum Gasteiger partial charge on any atom is -0.508 e. The number of aryl methyl sites for hydroxylation is 2. The molecule has 0 atom stereocenters. The lowest BCUT2D eigenvalue weighted by Gasteiger charge is -2.21. The summed E-state index contributed by atoms with van der Waals surface area (Å²) in [5.74, 6) is 0.146. The quantitative estimate of drug-likeness (QED) is 0.277. The Kier molecular flexibility index (Phi) is 6.74. The minimum absolute atomic E-state index is 0.146. The van der Waals surface area contributed by atoms with Gasteiger partial charge >= 0.3 is 12.1 Å². The zero-order valence-electron chi connectivity index (χ0n) is 18.6. The maximum Gasteiger partial charge on any atom is 0.347 e. The summed E-state index contributed by atoms with van der Waals surface area (Å²) in [6, 6.07) is 20.0. The van der Waals surface area contributed by atoms with Gasteiger partial charge in [0.2, 0.25) is 5.13 Å². The Morgan fingerprint density at radius 2 is 1.38 bits per heavy atom. The van der Waals surface area contributed by atoms with Crippen LogP contribution in [0.2, 0.25) is 0 Å². The van der Waals surface area contributed by atoms with Crippen molar-refractivity contribution in [3.63, 3.8) is 0 Å². The van der Waals surface area contributed by atoms with Gasteiger partial charge in [-0.1, -0.05) is 35.4 Å². The van der Waals surface area contributed by atoms with E-state index in [9.17, 15) is 14.7 Å². The fraction of sp³-hybridized carbons (Fsp3) is 0.0800. The van der Waals surface area contributed by atoms with Crippen molar-refractivity contribution in [1.82, 2.24) is 10.4 Å². The molecule has 0 fully saturated rings. The molecule has 4 amide bonds. The van der Waals surface area contributed by atoms with Crippen LogP contribution < -0.4 is 21.1 Å². The molecule has 4 aromatic rings. The van der Waals surface area contributed by atoms with Crippen molar-refractivity contribution >= 4 is 39.9 Å². The number of benzene rings is 3. The lowest BCUT2D eigenvalue weighted by molar-refractivity contribution is 0.243. The number of carbonyl (C=O) groups is 2. The van der Waals surface area contributed by atoms with Gasteiger partial charge in [0.05, 0.1) is 5.69 Å². The fourth-order valence-electron chi connectivity index (χ4n) is 3.03. The van der Waals surface area contributed by atoms with Gasteiger partial charge in [-0.3, -0.25) is 0 Å². The predicted molar refractivity (Wildman–Crippen MR) is 135 cm³/mol. The number of nitrogens with zero attached hydrogens (tertiary/aromatic N) is 2. The largest absolute Gasteiger partial charge is 0.508 e. The first kappa shape index (κ1) is 22.8. The Morgan fingerprint density at radius 3 is 1.97 bits per heavy atom. The summed E-state index contributed by atoms with van der Waals surface area (Å²) in [6.45, 7) is 3.91. The number of rotatable bonds is 4. The highest BCUT2D eigenvalue weighted by Crippen LogP contribution is 2.28. The molecular weight excluding hydrogens is 450 g/mol. The third kappa shape index (κ3) is 5.70. The van der Waals surface area contributed by atoms with E-state index in [1.807, 2.05) is 38.1 Å². The monoisotopic (exact) mass is 473 g/mol. The van der Waals surface area contributed by atoms with E-state index in [1.54, 1.807) is 53.9 Å². The molecule has 0 aliphatic rings. The molecule has 0 radical (unpaired) electrons. The molecular formula is C25H23N5O3S. The van der Waals surface area contributed by atoms with E-state index < -0.39 is 12.1 Å². The van der Waals surface area contributed by atoms with Crippen molar-refractivity contribution < 1.29 is 14.7 Å². The molecule has 34 heavy (non-hydrogen) atoms. The molecule has 9 heteroatoms. The summed E-state index contributed by atoms with van der Waals surface area (Å²) in [5.41, 5.74) is 7.25. The van der Waals surface area contributed by atoms with Crippen LogP contribution in [0.25, 0.3) is 11.3 Å². The van der Waals surface area contributed by atoms with E-state index >= 15 is 0 Å². The molecule has 0 bridgehead atoms. The van der Waals surface area contributed by atoms with Gasteiger partial charge in [0.25, 0.3) is 0 Å². The number of thiazole rings is 1. The van der Waals surface area contributed by atoms with E-state index in [1.165, 1.54) is 11.3 Å². The summed E-state index contributed by atoms with van der Waals surface area (Å²) >= 11 is 1.20. The molecule has 1 aromatic heterocycles. The molecule has 0 spiro atoms. The lowest BCUT2D eigenvalue weighted by Crippen LogP contribution is -2.50. The van der Waals surface area contributed by atoms with E-state index in [0.717, 1.165) is 21.7 Å². The van der Waals surface area contributed by atoms with Crippen molar-refractivity contribution in [1.29, 1.82) is 0 Å². The van der Waals surface area contributed by atoms with Crippen molar-refractivity contribution in [3.8, 4) is 17.0 Å². The number of urea groups is 2. The molecule has 0 unspecified atom stereocenters. The fourth-order valence-corrected chi connectivity index (χ4v) is 3.82. The number of phenolic OH excluding ortho intramolecular Hbond substituents is 1. The molecule has 3 aromatic carbocycles. The minimum atomic E-state index is -0.593. The van der Waals surface area contributed by atoms with Gasteiger partial charge in [-0.15, -0.1) is 11.3 Å². The average Bonchev–Trinajstić information content (AvgIpc) is 3.31. The van der Waals surface area contributed by atoms with Gasteiger partial charge in [-0.2, -0.15) is 5.01 Å². The zero-order valence-corrected chi connectivity index (χ0v) is 19.4. The lowest BCUT2D eigenvalue weighted by atomic mass is 10.2. The number of carbonyl (C=O) groups excluding carboxylic acids is 2. The van der Waals surface area contributed by atoms with E-state index in [-0.39, 0.29) is 10.9 Å². The number of amides is 4. The number of aromatic hydroxyl groups is 1. The van der Waals surface area contributed by atoms with Crippen molar-refractivity contribution in [2.45, 2.75) is 13.8 Å². The topological polar surface area (TPSA) is 107 Å². The summed E-state index contributed by atoms with van der Waals surface area (Å²) < 4.78 is 0. The van der Waals surface area contributed by atoms with Crippen molar-refractivity contribution in [2.75, 3.05) is 15.6 Å². The number of phenols is 1. The summed E-state index contributed by atoms with van der Waals surface area (Å²) in [7, 11) is 0. The summed E-state index contributed by atoms with van der Waals surface area (Å²) in [5, 5.41) is 18.1. The van der Waals surface area contributed by atoms with Crippen LogP contribution in [0.3, 0.4) is 0 Å². The van der Waals surface area contributed by atoms with Crippen LogP contribution in [0.5, 0.6) is 5.75 Å². The molecule has 4 N–H and O–H groups in total. The standard InChI is InChI=1S/C25H23N5O3S/c1-16-3-9-19(10-4-16)26-23(32)29-30(24(33)27-20-11-5-17(2)6-12-20)25-28-22(15-34-25)18-7-13-21(31)14-8-18/h3-15,31H,1-2H3,(H,27,33)(H2,26,29,32). The molecule has 172 valence electrons. The zero-order chi connectivity index (χ0) is 24.1. The number of anilines is 3. The first-order valence-corrected chi connectivity index (χ1v) is 11.3. The van der Waals surface area contributed by atoms with Gasteiger partial charge in [-0.25, -0.2) is 20.0 Å². The van der Waals surface area contributed by atoms with Crippen LogP contribution in [-0.2, 0) is 0 Å². The smallest absolute Gasteiger partial charge is 0.347 e. The Bertz CT molecular complexity index is 1290. The van der Waals surface area contributed by atoms with Gasteiger partial charge in [0, 0.05) is 22.3 Å². The molecule has 0 aliphatic heterocycles. The molecule has 4 rings (SSSR count). The van der Waals surface area contributed by atoms with Crippen LogP contribution in [-0.4, -0.2) is 22.2 Å². The Morgan fingerprint density at radius 1 is 0.824 bits per heavy atom. The molecule has 0 saturated carbocycles. The third-order valence-corrected chi connectivity index (χ3v) is 5.70. The predicted octanol–water partition coefficient (Wildman–Crippen LogP) is 5.91. The summed E-state index contributed by atoms with van der Waals surface area (Å²) in [6.07, 6.45) is 0. The second kappa shape index (κ2) is 10.1. The van der Waals surface area contributed by atoms with Crippen LogP contribution in [0.1, 0.15) is 11.1 Å². The summed E-state index contributed by atoms with van der Waals surface area (Å²) in [4.78, 5) is 30.3. The molecule has 8 nitrogen and oxygen atoms in total. The molecule has 1 heterocycles. The first-order chi connectivity index (χ1) is 16.4. The van der Waals surface area contributed by atoms with Crippen molar-refractivity contribution in [2.24, 2.45) is 0 Å². The maximum atomic E-state index is 13.1. The number of hydrogen-bond donors (Lipinski definition) is 4. The highest BCUT2D eigenvalue weighted by molar-refractivity contribution is 7.14. The Balaban J connectivity index is 1.57. The molecule has 0 aliphatic carbocycles. The van der Waals surface area contributed by atoms with E-state index in [0.29, 0.717) is 17.1 Å². The number of hydrazine groups is 1. The van der Waals surface area contributed by atoms with Gasteiger partial charge in [-0.05, 0) is 62.4 Å². The van der Waals surface area contributed by atoms with Gasteiger partial charge in [0.1, 0.15) is 5.75 Å². The van der Waals surface area contributed by atoms with Crippen LogP contribution in [0.15, 0.2) is 78.2 Å². The van der Waals surface area contributed by atoms with E-state index in [2.05, 4.69) is 21.0 Å².